The van der Waals surface area contributed by atoms with E-state index in [4.69, 9.17) is 4.52 Å². The van der Waals surface area contributed by atoms with Crippen LogP contribution in [0.15, 0.2) is 40.9 Å². The van der Waals surface area contributed by atoms with Crippen molar-refractivity contribution in [3.8, 4) is 0 Å². The maximum atomic E-state index is 12.3. The Morgan fingerprint density at radius 2 is 1.92 bits per heavy atom. The highest BCUT2D eigenvalue weighted by Crippen LogP contribution is 2.15. The van der Waals surface area contributed by atoms with Crippen LogP contribution in [0.2, 0.25) is 0 Å². The van der Waals surface area contributed by atoms with E-state index in [9.17, 15) is 13.2 Å². The van der Waals surface area contributed by atoms with Crippen LogP contribution >= 0.6 is 0 Å². The van der Waals surface area contributed by atoms with Crippen LogP contribution in [0.1, 0.15) is 36.8 Å². The first kappa shape index (κ1) is 18.2. The molecule has 0 aliphatic carbocycles. The fourth-order valence-electron chi connectivity index (χ4n) is 2.27. The van der Waals surface area contributed by atoms with Crippen LogP contribution in [-0.4, -0.2) is 31.3 Å². The summed E-state index contributed by atoms with van der Waals surface area (Å²) in [4.78, 5) is 12.2. The van der Waals surface area contributed by atoms with E-state index in [1.165, 1.54) is 6.92 Å². The molecular formula is C17H22N2O4S. The molecule has 0 aliphatic rings. The van der Waals surface area contributed by atoms with Gasteiger partial charge in [0.2, 0.25) is 5.91 Å². The van der Waals surface area contributed by atoms with Crippen molar-refractivity contribution < 1.29 is 17.7 Å². The molecule has 1 heterocycles. The van der Waals surface area contributed by atoms with Crippen LogP contribution < -0.4 is 5.32 Å². The Hall–Kier alpha value is -2.15. The molecule has 0 saturated heterocycles. The van der Waals surface area contributed by atoms with E-state index < -0.39 is 21.0 Å². The Bertz CT molecular complexity index is 784. The minimum atomic E-state index is -3.66. The SMILES string of the molecule is Cc1cc(CS(=O)(=O)[C@@H](C)C(=O)NC[C@@H](C)c2ccccc2)on1. The number of aromatic nitrogens is 1. The first-order valence-corrected chi connectivity index (χ1v) is 9.47. The van der Waals surface area contributed by atoms with E-state index in [-0.39, 0.29) is 17.4 Å². The zero-order valence-corrected chi connectivity index (χ0v) is 14.8. The van der Waals surface area contributed by atoms with Gasteiger partial charge in [-0.1, -0.05) is 42.4 Å². The summed E-state index contributed by atoms with van der Waals surface area (Å²) < 4.78 is 29.6. The predicted octanol–water partition coefficient (Wildman–Crippen LogP) is 2.21. The van der Waals surface area contributed by atoms with E-state index in [0.717, 1.165) is 5.56 Å². The van der Waals surface area contributed by atoms with Gasteiger partial charge in [0.25, 0.3) is 0 Å². The Labute approximate surface area is 142 Å². The van der Waals surface area contributed by atoms with Crippen molar-refractivity contribution in [3.63, 3.8) is 0 Å². The fraction of sp³-hybridized carbons (Fsp3) is 0.412. The molecule has 24 heavy (non-hydrogen) atoms. The lowest BCUT2D eigenvalue weighted by atomic mass is 10.0. The molecule has 0 unspecified atom stereocenters. The van der Waals surface area contributed by atoms with Gasteiger partial charge in [-0.05, 0) is 25.3 Å². The zero-order chi connectivity index (χ0) is 17.7. The average molecular weight is 350 g/mol. The van der Waals surface area contributed by atoms with E-state index >= 15 is 0 Å². The smallest absolute Gasteiger partial charge is 0.238 e. The largest absolute Gasteiger partial charge is 0.360 e. The summed E-state index contributed by atoms with van der Waals surface area (Å²) in [7, 11) is -3.66. The number of hydrogen-bond donors (Lipinski definition) is 1. The summed E-state index contributed by atoms with van der Waals surface area (Å²) in [6.45, 7) is 5.46. The normalized spacial score (nSPS) is 14.1. The molecule has 1 amide bonds. The second-order valence-corrected chi connectivity index (χ2v) is 8.26. The lowest BCUT2D eigenvalue weighted by molar-refractivity contribution is -0.120. The predicted molar refractivity (Wildman–Crippen MR) is 91.2 cm³/mol. The third-order valence-corrected chi connectivity index (χ3v) is 5.86. The molecule has 0 radical (unpaired) electrons. The van der Waals surface area contributed by atoms with Crippen molar-refractivity contribution in [2.75, 3.05) is 6.54 Å². The molecule has 0 saturated carbocycles. The molecule has 1 N–H and O–H groups in total. The van der Waals surface area contributed by atoms with E-state index in [1.807, 2.05) is 37.3 Å². The van der Waals surface area contributed by atoms with E-state index in [2.05, 4.69) is 10.5 Å². The number of nitrogens with zero attached hydrogens (tertiary/aromatic N) is 1. The number of sulfone groups is 1. The first-order chi connectivity index (χ1) is 11.3. The molecule has 1 aromatic carbocycles. The third-order valence-electron chi connectivity index (χ3n) is 3.88. The summed E-state index contributed by atoms with van der Waals surface area (Å²) >= 11 is 0. The molecule has 6 nitrogen and oxygen atoms in total. The summed E-state index contributed by atoms with van der Waals surface area (Å²) in [6, 6.07) is 11.3. The maximum Gasteiger partial charge on any atom is 0.238 e. The molecular weight excluding hydrogens is 328 g/mol. The minimum Gasteiger partial charge on any atom is -0.360 e. The second-order valence-electron chi connectivity index (χ2n) is 5.94. The van der Waals surface area contributed by atoms with Crippen LogP contribution in [0.25, 0.3) is 0 Å². The molecule has 0 aliphatic heterocycles. The van der Waals surface area contributed by atoms with Crippen molar-refractivity contribution in [1.29, 1.82) is 0 Å². The third kappa shape index (κ3) is 4.67. The lowest BCUT2D eigenvalue weighted by Gasteiger charge is -2.16. The molecule has 2 rings (SSSR count). The summed E-state index contributed by atoms with van der Waals surface area (Å²) in [5.74, 6) is -0.503. The van der Waals surface area contributed by atoms with Gasteiger partial charge in [0.15, 0.2) is 15.6 Å². The molecule has 2 atom stereocenters. The van der Waals surface area contributed by atoms with Gasteiger partial charge in [-0.2, -0.15) is 0 Å². The Morgan fingerprint density at radius 1 is 1.25 bits per heavy atom. The van der Waals surface area contributed by atoms with Crippen molar-refractivity contribution in [3.05, 3.63) is 53.4 Å². The van der Waals surface area contributed by atoms with Gasteiger partial charge in [0.05, 0.1) is 5.69 Å². The highest BCUT2D eigenvalue weighted by Gasteiger charge is 2.29. The number of carbonyl (C=O) groups is 1. The van der Waals surface area contributed by atoms with Crippen LogP contribution in [0, 0.1) is 6.92 Å². The zero-order valence-electron chi connectivity index (χ0n) is 14.0. The second kappa shape index (κ2) is 7.61. The van der Waals surface area contributed by atoms with E-state index in [1.54, 1.807) is 13.0 Å². The van der Waals surface area contributed by atoms with Crippen molar-refractivity contribution >= 4 is 15.7 Å². The van der Waals surface area contributed by atoms with Gasteiger partial charge in [-0.15, -0.1) is 0 Å². The highest BCUT2D eigenvalue weighted by atomic mass is 32.2. The number of benzene rings is 1. The number of rotatable bonds is 7. The van der Waals surface area contributed by atoms with Gasteiger partial charge in [0.1, 0.15) is 11.0 Å². The van der Waals surface area contributed by atoms with Gasteiger partial charge in [0, 0.05) is 12.6 Å². The standard InChI is InChI=1S/C17H22N2O4S/c1-12(15-7-5-4-6-8-15)10-18-17(20)14(3)24(21,22)11-16-9-13(2)19-23-16/h4-9,12,14H,10-11H2,1-3H3,(H,18,20)/t12-,14+/m1/s1. The topological polar surface area (TPSA) is 89.3 Å². The van der Waals surface area contributed by atoms with Gasteiger partial charge < -0.3 is 9.84 Å². The van der Waals surface area contributed by atoms with Crippen LogP contribution in [-0.2, 0) is 20.4 Å². The lowest BCUT2D eigenvalue weighted by Crippen LogP contribution is -2.39. The Morgan fingerprint density at radius 3 is 2.50 bits per heavy atom. The quantitative estimate of drug-likeness (QED) is 0.827. The number of aryl methyl sites for hydroxylation is 1. The Balaban J connectivity index is 1.93. The van der Waals surface area contributed by atoms with E-state index in [0.29, 0.717) is 12.2 Å². The van der Waals surface area contributed by atoms with Crippen molar-refractivity contribution in [1.82, 2.24) is 10.5 Å². The highest BCUT2D eigenvalue weighted by molar-refractivity contribution is 7.92. The number of amides is 1. The maximum absolute atomic E-state index is 12.3. The van der Waals surface area contributed by atoms with Crippen molar-refractivity contribution in [2.45, 2.75) is 37.7 Å². The van der Waals surface area contributed by atoms with Crippen molar-refractivity contribution in [2.24, 2.45) is 0 Å². The van der Waals surface area contributed by atoms with Gasteiger partial charge in [-0.25, -0.2) is 8.42 Å². The van der Waals surface area contributed by atoms with Crippen LogP contribution in [0.4, 0.5) is 0 Å². The number of hydrogen-bond acceptors (Lipinski definition) is 5. The summed E-state index contributed by atoms with van der Waals surface area (Å²) in [5, 5.41) is 5.22. The minimum absolute atomic E-state index is 0.0991. The molecule has 7 heteroatoms. The van der Waals surface area contributed by atoms with Crippen LogP contribution in [0.3, 0.4) is 0 Å². The Kier molecular flexibility index (Phi) is 5.77. The molecule has 0 bridgehead atoms. The molecule has 1 aromatic heterocycles. The molecule has 130 valence electrons. The number of nitrogens with one attached hydrogen (secondary N) is 1. The van der Waals surface area contributed by atoms with Gasteiger partial charge in [-0.3, -0.25) is 4.79 Å². The average Bonchev–Trinajstić information content (AvgIpc) is 2.96. The summed E-state index contributed by atoms with van der Waals surface area (Å²) in [6.07, 6.45) is 0. The monoisotopic (exact) mass is 350 g/mol. The summed E-state index contributed by atoms with van der Waals surface area (Å²) in [5.41, 5.74) is 1.69. The fourth-order valence-corrected chi connectivity index (χ4v) is 3.46. The molecule has 0 fully saturated rings. The van der Waals surface area contributed by atoms with Crippen LogP contribution in [0.5, 0.6) is 0 Å². The molecule has 2 aromatic rings. The number of carbonyl (C=O) groups excluding carboxylic acids is 1. The molecule has 0 spiro atoms. The first-order valence-electron chi connectivity index (χ1n) is 7.76. The van der Waals surface area contributed by atoms with Gasteiger partial charge >= 0.3 is 0 Å².